The monoisotopic (exact) mass is 962 g/mol. The third-order valence-electron chi connectivity index (χ3n) is 18.6. The van der Waals surface area contributed by atoms with Crippen LogP contribution < -0.4 is 53.5 Å². The van der Waals surface area contributed by atoms with Crippen LogP contribution in [0.2, 0.25) is 0 Å². The maximum absolute atomic E-state index is 3.14. The van der Waals surface area contributed by atoms with Gasteiger partial charge in [0.2, 0.25) is 13.4 Å². The summed E-state index contributed by atoms with van der Waals surface area (Å²) >= 11 is 0. The smallest absolute Gasteiger partial charge is 0.0661 e. The molecular weight excluding hydrogens is 902 g/mol. The average molecular weight is 963 g/mol. The van der Waals surface area contributed by atoms with Crippen LogP contribution in [0.15, 0.2) is 176 Å². The van der Waals surface area contributed by atoms with Gasteiger partial charge < -0.3 is 0 Å². The number of rotatable bonds is 8. The molecule has 0 spiro atoms. The van der Waals surface area contributed by atoms with Crippen molar-refractivity contribution in [1.29, 1.82) is 0 Å². The van der Waals surface area contributed by atoms with Crippen LogP contribution >= 0.6 is 0 Å². The first kappa shape index (κ1) is 44.3. The van der Waals surface area contributed by atoms with E-state index in [1.165, 1.54) is 158 Å². The Hall–Kier alpha value is -7.19. The molecule has 15 rings (SSSR count). The van der Waals surface area contributed by atoms with E-state index in [1.54, 1.807) is 0 Å². The summed E-state index contributed by atoms with van der Waals surface area (Å²) in [6.45, 7) is 21.6. The molecule has 0 saturated heterocycles. The second-order valence-corrected chi connectivity index (χ2v) is 27.6. The van der Waals surface area contributed by atoms with Crippen LogP contribution in [0, 0.1) is 6.92 Å². The molecule has 0 unspecified atom stereocenters. The van der Waals surface area contributed by atoms with Crippen molar-refractivity contribution in [3.8, 4) is 44.5 Å². The summed E-state index contributed by atoms with van der Waals surface area (Å²) in [5, 5.41) is 14.4. The fourth-order valence-corrected chi connectivity index (χ4v) is 20.0. The normalized spacial score (nSPS) is 13.6. The van der Waals surface area contributed by atoms with Gasteiger partial charge in [-0.25, -0.2) is 0 Å². The van der Waals surface area contributed by atoms with Crippen molar-refractivity contribution in [3.05, 3.63) is 204 Å². The molecule has 0 aromatic heterocycles. The zero-order valence-electron chi connectivity index (χ0n) is 44.2. The van der Waals surface area contributed by atoms with E-state index in [0.717, 1.165) is 0 Å². The molecule has 11 aromatic rings. The van der Waals surface area contributed by atoms with Gasteiger partial charge in [0.1, 0.15) is 0 Å². The van der Waals surface area contributed by atoms with Crippen LogP contribution in [0.25, 0.3) is 76.8 Å². The Balaban J connectivity index is 1.20. The Morgan fingerprint density at radius 3 is 1.09 bits per heavy atom. The summed E-state index contributed by atoms with van der Waals surface area (Å²) < 4.78 is 0. The number of benzene rings is 11. The minimum atomic E-state index is -3.14. The van der Waals surface area contributed by atoms with Crippen molar-refractivity contribution in [2.24, 2.45) is 0 Å². The van der Waals surface area contributed by atoms with Crippen LogP contribution in [0.5, 0.6) is 0 Å². The standard InChI is InChI=1S/C71H60B2Si/c1-39(2)44-25-27-61-53(31-44)57-33-47(42(7)8)35-59-55-38-65(74(48-19-13-10-14-20-48,49-21-15-11-16-22-49)50-23-17-12-18-24-50)60-37-64-66-54(29-43(9)51-36-63(72(61)71(57)59)67(55)69(60)68(51)66)58-34-46(41(5)6)32-56-52-30-45(40(3)4)26-28-62(52)73(64)70(56)58/h10-42H,1-9H3. The predicted molar refractivity (Wildman–Crippen MR) is 326 cm³/mol. The molecule has 0 aliphatic carbocycles. The van der Waals surface area contributed by atoms with Crippen molar-refractivity contribution < 1.29 is 0 Å². The molecule has 4 aliphatic rings. The van der Waals surface area contributed by atoms with Crippen molar-refractivity contribution >= 4 is 107 Å². The van der Waals surface area contributed by atoms with E-state index >= 15 is 0 Å². The van der Waals surface area contributed by atoms with Gasteiger partial charge in [0.05, 0.1) is 0 Å². The quantitative estimate of drug-likeness (QED) is 0.0809. The van der Waals surface area contributed by atoms with E-state index in [-0.39, 0.29) is 13.4 Å². The van der Waals surface area contributed by atoms with Crippen LogP contribution in [0.4, 0.5) is 0 Å². The van der Waals surface area contributed by atoms with E-state index in [2.05, 4.69) is 238 Å². The minimum absolute atomic E-state index is 0.120. The van der Waals surface area contributed by atoms with Gasteiger partial charge in [-0.15, -0.1) is 0 Å². The van der Waals surface area contributed by atoms with Crippen LogP contribution in [-0.4, -0.2) is 21.5 Å². The predicted octanol–water partition coefficient (Wildman–Crippen LogP) is 11.7. The molecule has 0 radical (unpaired) electrons. The molecule has 0 N–H and O–H groups in total. The second-order valence-electron chi connectivity index (χ2n) is 23.8. The first-order valence-corrected chi connectivity index (χ1v) is 29.6. The van der Waals surface area contributed by atoms with Crippen LogP contribution in [-0.2, 0) is 0 Å². The van der Waals surface area contributed by atoms with Crippen LogP contribution in [0.3, 0.4) is 0 Å². The molecule has 354 valence electrons. The molecule has 11 aromatic carbocycles. The average Bonchev–Trinajstić information content (AvgIpc) is 4.11. The highest BCUT2D eigenvalue weighted by Crippen LogP contribution is 2.48. The molecular formula is C71H60B2Si. The Labute approximate surface area is 439 Å². The van der Waals surface area contributed by atoms with E-state index in [4.69, 9.17) is 0 Å². The van der Waals surface area contributed by atoms with Crippen molar-refractivity contribution in [2.45, 2.75) is 86.0 Å². The third-order valence-corrected chi connectivity index (χ3v) is 23.4. The lowest BCUT2D eigenvalue weighted by Crippen LogP contribution is -2.75. The van der Waals surface area contributed by atoms with E-state index in [0.29, 0.717) is 23.7 Å². The van der Waals surface area contributed by atoms with E-state index < -0.39 is 8.07 Å². The highest BCUT2D eigenvalue weighted by molar-refractivity contribution is 7.21. The Kier molecular flexibility index (Phi) is 9.38. The molecule has 74 heavy (non-hydrogen) atoms. The highest BCUT2D eigenvalue weighted by atomic mass is 28.3. The number of hydrogen-bond donors (Lipinski definition) is 0. The molecule has 4 heterocycles. The summed E-state index contributed by atoms with van der Waals surface area (Å²) in [5.41, 5.74) is 27.3. The fourth-order valence-electron chi connectivity index (χ4n) is 15.0. The van der Waals surface area contributed by atoms with E-state index in [9.17, 15) is 0 Å². The SMILES string of the molecule is Cc1cc2c3c(cc4c([Si](c5ccccc5)(c5ccccc5)c5ccccc5)cc5c6c(cc1c3c46)B1c3ccc(C(C)C)cc3-c3cc(C(C)C)cc-5c31)B1c3ccc(C(C)C)cc3-c3cc(C(C)C)cc-2c31. The lowest BCUT2D eigenvalue weighted by atomic mass is 9.34. The maximum atomic E-state index is 2.78. The summed E-state index contributed by atoms with van der Waals surface area (Å²) in [7, 11) is -3.14. The Bertz CT molecular complexity index is 4090. The molecule has 4 aliphatic heterocycles. The Morgan fingerprint density at radius 2 is 0.676 bits per heavy atom. The van der Waals surface area contributed by atoms with Crippen molar-refractivity contribution in [1.82, 2.24) is 0 Å². The molecule has 0 fully saturated rings. The fraction of sp³-hybridized carbons (Fsp3) is 0.183. The van der Waals surface area contributed by atoms with Gasteiger partial charge >= 0.3 is 0 Å². The largest absolute Gasteiger partial charge is 0.244 e. The van der Waals surface area contributed by atoms with Gasteiger partial charge in [0, 0.05) is 0 Å². The van der Waals surface area contributed by atoms with Gasteiger partial charge in [-0.3, -0.25) is 0 Å². The topological polar surface area (TPSA) is 0 Å². The van der Waals surface area contributed by atoms with Crippen molar-refractivity contribution in [3.63, 3.8) is 0 Å². The summed E-state index contributed by atoms with van der Waals surface area (Å²) in [4.78, 5) is 0. The molecule has 0 saturated carbocycles. The van der Waals surface area contributed by atoms with Gasteiger partial charge in [0.15, 0.2) is 8.07 Å². The molecule has 0 atom stereocenters. The number of aryl methyl sites for hydroxylation is 1. The minimum Gasteiger partial charge on any atom is -0.0661 e. The second kappa shape index (κ2) is 15.7. The number of fused-ring (bicyclic) bond motifs is 10. The van der Waals surface area contributed by atoms with Gasteiger partial charge in [0.25, 0.3) is 0 Å². The Morgan fingerprint density at radius 1 is 0.311 bits per heavy atom. The molecule has 3 heteroatoms. The van der Waals surface area contributed by atoms with Gasteiger partial charge in [-0.1, -0.05) is 264 Å². The number of hydrogen-bond acceptors (Lipinski definition) is 0. The lowest BCUT2D eigenvalue weighted by molar-refractivity contribution is 0.866. The van der Waals surface area contributed by atoms with E-state index in [1.807, 2.05) is 0 Å². The third kappa shape index (κ3) is 5.72. The zero-order chi connectivity index (χ0) is 50.2. The summed E-state index contributed by atoms with van der Waals surface area (Å²) in [6, 6.07) is 71.3. The first-order chi connectivity index (χ1) is 35.9. The van der Waals surface area contributed by atoms with Crippen LogP contribution in [0.1, 0.15) is 107 Å². The lowest BCUT2D eigenvalue weighted by Gasteiger charge is -2.38. The summed E-state index contributed by atoms with van der Waals surface area (Å²) in [5.74, 6) is 1.66. The molecule has 0 bridgehead atoms. The maximum Gasteiger partial charge on any atom is 0.244 e. The van der Waals surface area contributed by atoms with Gasteiger partial charge in [-0.05, 0) is 156 Å². The molecule has 0 nitrogen and oxygen atoms in total. The van der Waals surface area contributed by atoms with Crippen molar-refractivity contribution in [2.75, 3.05) is 0 Å². The summed E-state index contributed by atoms with van der Waals surface area (Å²) in [6.07, 6.45) is 0. The zero-order valence-corrected chi connectivity index (χ0v) is 45.2. The first-order valence-electron chi connectivity index (χ1n) is 27.6. The van der Waals surface area contributed by atoms with Gasteiger partial charge in [-0.2, -0.15) is 0 Å². The molecule has 0 amide bonds. The highest BCUT2D eigenvalue weighted by Gasteiger charge is 2.48.